The average molecular weight is 614 g/mol. The van der Waals surface area contributed by atoms with E-state index in [0.717, 1.165) is 16.5 Å². The number of fused-ring (bicyclic) bond motifs is 1. The third kappa shape index (κ3) is 7.34. The highest BCUT2D eigenvalue weighted by molar-refractivity contribution is 5.96. The number of nitrogens with two attached hydrogens (primary N) is 1. The number of aliphatic carboxylic acids is 1. The van der Waals surface area contributed by atoms with Gasteiger partial charge in [0.2, 0.25) is 29.5 Å². The first-order valence-corrected chi connectivity index (χ1v) is 14.6. The van der Waals surface area contributed by atoms with Gasteiger partial charge in [-0.05, 0) is 50.7 Å². The summed E-state index contributed by atoms with van der Waals surface area (Å²) < 4.78 is 0. The van der Waals surface area contributed by atoms with Crippen molar-refractivity contribution in [3.63, 3.8) is 0 Å². The second kappa shape index (κ2) is 14.3. The first kappa shape index (κ1) is 32.4. The van der Waals surface area contributed by atoms with Crippen molar-refractivity contribution in [2.45, 2.75) is 69.2 Å². The van der Waals surface area contributed by atoms with Crippen LogP contribution in [0.1, 0.15) is 38.2 Å². The van der Waals surface area contributed by atoms with Gasteiger partial charge in [0.25, 0.3) is 0 Å². The number of aliphatic hydroxyl groups is 1. The van der Waals surface area contributed by atoms with E-state index in [2.05, 4.69) is 20.9 Å². The van der Waals surface area contributed by atoms with E-state index in [0.29, 0.717) is 25.7 Å². The molecular weight excluding hydrogens is 574 g/mol. The number of benzene rings is 1. The molecular formula is C29H39N7O8. The van der Waals surface area contributed by atoms with Gasteiger partial charge in [-0.15, -0.1) is 0 Å². The molecule has 2 aliphatic heterocycles. The number of nitrogens with one attached hydrogen (secondary N) is 4. The van der Waals surface area contributed by atoms with E-state index in [1.165, 1.54) is 16.7 Å². The third-order valence-corrected chi connectivity index (χ3v) is 8.11. The number of aromatic amines is 1. The second-order valence-corrected chi connectivity index (χ2v) is 11.1. The number of carboxylic acid groups (broad SMARTS) is 1. The maximum Gasteiger partial charge on any atom is 0.328 e. The Morgan fingerprint density at radius 3 is 2.39 bits per heavy atom. The lowest BCUT2D eigenvalue weighted by atomic mass is 10.0. The number of hydrogen-bond acceptors (Lipinski definition) is 8. The molecule has 2 fully saturated rings. The Kier molecular flexibility index (Phi) is 10.5. The van der Waals surface area contributed by atoms with Gasteiger partial charge in [-0.3, -0.25) is 24.0 Å². The molecule has 238 valence electrons. The van der Waals surface area contributed by atoms with Crippen molar-refractivity contribution < 1.29 is 39.0 Å². The Labute approximate surface area is 253 Å². The molecule has 1 aromatic heterocycles. The largest absolute Gasteiger partial charge is 0.480 e. The number of likely N-dealkylation sites (tertiary alicyclic amines) is 2. The van der Waals surface area contributed by atoms with Crippen molar-refractivity contribution in [1.29, 1.82) is 0 Å². The van der Waals surface area contributed by atoms with Gasteiger partial charge >= 0.3 is 5.97 Å². The predicted molar refractivity (Wildman–Crippen MR) is 157 cm³/mol. The number of carbonyl (C=O) groups is 6. The highest BCUT2D eigenvalue weighted by Gasteiger charge is 2.42. The van der Waals surface area contributed by atoms with Crippen LogP contribution < -0.4 is 21.7 Å². The Morgan fingerprint density at radius 2 is 1.68 bits per heavy atom. The summed E-state index contributed by atoms with van der Waals surface area (Å²) in [6.45, 7) is 0.838. The number of aliphatic hydroxyl groups excluding tert-OH is 1. The SMILES string of the molecule is C[C@H](NC(=O)[C@@H](N)Cc1c[nH]c2ccccc12)C(=O)NCC(=O)N1CCC[C@H]1C(=O)N1CCC[C@H]1C(=O)N[C@@H](CO)C(=O)O. The molecule has 0 unspecified atom stereocenters. The van der Waals surface area contributed by atoms with Crippen LogP contribution in [0.4, 0.5) is 0 Å². The fraction of sp³-hybridized carbons (Fsp3) is 0.517. The van der Waals surface area contributed by atoms with Crippen molar-refractivity contribution in [2.24, 2.45) is 5.73 Å². The summed E-state index contributed by atoms with van der Waals surface area (Å²) in [6.07, 6.45) is 3.81. The quantitative estimate of drug-likeness (QED) is 0.143. The van der Waals surface area contributed by atoms with Crippen LogP contribution in [0.3, 0.4) is 0 Å². The lowest BCUT2D eigenvalue weighted by Crippen LogP contribution is -2.56. The van der Waals surface area contributed by atoms with Gasteiger partial charge in [0.15, 0.2) is 0 Å². The van der Waals surface area contributed by atoms with Crippen LogP contribution in [0, 0.1) is 0 Å². The summed E-state index contributed by atoms with van der Waals surface area (Å²) in [5, 5.41) is 26.6. The van der Waals surface area contributed by atoms with Crippen LogP contribution in [-0.4, -0.2) is 117 Å². The summed E-state index contributed by atoms with van der Waals surface area (Å²) in [6, 6.07) is 2.50. The first-order valence-electron chi connectivity index (χ1n) is 14.6. The van der Waals surface area contributed by atoms with E-state index in [1.54, 1.807) is 6.20 Å². The fourth-order valence-corrected chi connectivity index (χ4v) is 5.70. The third-order valence-electron chi connectivity index (χ3n) is 8.11. The number of carboxylic acids is 1. The van der Waals surface area contributed by atoms with Crippen LogP contribution in [0.5, 0.6) is 0 Å². The molecule has 2 aromatic rings. The molecule has 0 bridgehead atoms. The minimum absolute atomic E-state index is 0.258. The van der Waals surface area contributed by atoms with Gasteiger partial charge in [-0.25, -0.2) is 4.79 Å². The summed E-state index contributed by atoms with van der Waals surface area (Å²) in [5.74, 6) is -4.12. The van der Waals surface area contributed by atoms with Gasteiger partial charge in [0.1, 0.15) is 24.2 Å². The van der Waals surface area contributed by atoms with Crippen molar-refractivity contribution >= 4 is 46.4 Å². The summed E-state index contributed by atoms with van der Waals surface area (Å²) in [7, 11) is 0. The number of rotatable bonds is 12. The molecule has 2 saturated heterocycles. The number of amides is 5. The fourth-order valence-electron chi connectivity index (χ4n) is 5.70. The monoisotopic (exact) mass is 613 g/mol. The molecule has 2 aliphatic rings. The van der Waals surface area contributed by atoms with Gasteiger partial charge in [-0.1, -0.05) is 18.2 Å². The summed E-state index contributed by atoms with van der Waals surface area (Å²) >= 11 is 0. The normalized spacial score (nSPS) is 20.2. The number of H-pyrrole nitrogens is 1. The topological polar surface area (TPSA) is 227 Å². The van der Waals surface area contributed by atoms with E-state index in [9.17, 15) is 33.9 Å². The number of aromatic nitrogens is 1. The first-order chi connectivity index (χ1) is 21.0. The van der Waals surface area contributed by atoms with E-state index in [1.807, 2.05) is 24.3 Å². The minimum atomic E-state index is -1.49. The standard InChI is InChI=1S/C29H39N7O8/c1-16(33-26(40)19(30)12-17-13-31-20-7-3-2-6-18(17)20)25(39)32-14-24(38)35-10-5-9-23(35)28(42)36-11-4-8-22(36)27(41)34-21(15-37)29(43)44/h2-3,6-7,13,16,19,21-23,31,37H,4-5,8-12,14-15,30H2,1H3,(H,32,39)(H,33,40)(H,34,41)(H,43,44)/t16-,19-,21-,22-,23-/m0/s1. The van der Waals surface area contributed by atoms with E-state index in [4.69, 9.17) is 10.8 Å². The molecule has 5 amide bonds. The zero-order valence-electron chi connectivity index (χ0n) is 24.5. The molecule has 15 heteroatoms. The zero-order valence-corrected chi connectivity index (χ0v) is 24.5. The number of hydrogen-bond donors (Lipinski definition) is 7. The van der Waals surface area contributed by atoms with Gasteiger partial charge in [0, 0.05) is 30.2 Å². The van der Waals surface area contributed by atoms with Crippen molar-refractivity contribution in [1.82, 2.24) is 30.7 Å². The molecule has 0 spiro atoms. The van der Waals surface area contributed by atoms with E-state index >= 15 is 0 Å². The van der Waals surface area contributed by atoms with Crippen molar-refractivity contribution in [2.75, 3.05) is 26.2 Å². The van der Waals surface area contributed by atoms with Gasteiger partial charge < -0.3 is 46.7 Å². The maximum absolute atomic E-state index is 13.4. The van der Waals surface area contributed by atoms with Crippen LogP contribution in [0.2, 0.25) is 0 Å². The van der Waals surface area contributed by atoms with Crippen molar-refractivity contribution in [3.05, 3.63) is 36.0 Å². The summed E-state index contributed by atoms with van der Waals surface area (Å²) in [5.41, 5.74) is 7.90. The minimum Gasteiger partial charge on any atom is -0.480 e. The molecule has 44 heavy (non-hydrogen) atoms. The molecule has 8 N–H and O–H groups in total. The molecule has 1 aromatic carbocycles. The number of para-hydroxylation sites is 1. The highest BCUT2D eigenvalue weighted by atomic mass is 16.4. The summed E-state index contributed by atoms with van der Waals surface area (Å²) in [4.78, 5) is 81.6. The molecule has 15 nitrogen and oxygen atoms in total. The van der Waals surface area contributed by atoms with Gasteiger partial charge in [0.05, 0.1) is 19.2 Å². The van der Waals surface area contributed by atoms with E-state index in [-0.39, 0.29) is 19.5 Å². The molecule has 0 radical (unpaired) electrons. The lowest BCUT2D eigenvalue weighted by Gasteiger charge is -2.31. The Bertz CT molecular complexity index is 1410. The number of carbonyl (C=O) groups excluding carboxylic acids is 5. The molecule has 5 atom stereocenters. The zero-order chi connectivity index (χ0) is 32.0. The average Bonchev–Trinajstić information content (AvgIpc) is 3.78. The van der Waals surface area contributed by atoms with Crippen molar-refractivity contribution in [3.8, 4) is 0 Å². The Hall–Kier alpha value is -4.50. The van der Waals surface area contributed by atoms with Crippen LogP contribution in [0.15, 0.2) is 30.5 Å². The second-order valence-electron chi connectivity index (χ2n) is 11.1. The molecule has 0 saturated carbocycles. The maximum atomic E-state index is 13.4. The molecule has 4 rings (SSSR count). The molecule has 3 heterocycles. The van der Waals surface area contributed by atoms with E-state index < -0.39 is 78.9 Å². The number of nitrogens with zero attached hydrogens (tertiary/aromatic N) is 2. The lowest BCUT2D eigenvalue weighted by molar-refractivity contribution is -0.148. The van der Waals surface area contributed by atoms with Crippen LogP contribution in [0.25, 0.3) is 10.9 Å². The van der Waals surface area contributed by atoms with Gasteiger partial charge in [-0.2, -0.15) is 0 Å². The Balaban J connectivity index is 1.27. The predicted octanol–water partition coefficient (Wildman–Crippen LogP) is -1.80. The smallest absolute Gasteiger partial charge is 0.328 e. The molecule has 0 aliphatic carbocycles. The Morgan fingerprint density at radius 1 is 1.00 bits per heavy atom. The van der Waals surface area contributed by atoms with Crippen LogP contribution in [-0.2, 0) is 35.2 Å². The highest BCUT2D eigenvalue weighted by Crippen LogP contribution is 2.25. The van der Waals surface area contributed by atoms with Crippen LogP contribution >= 0.6 is 0 Å².